The van der Waals surface area contributed by atoms with Gasteiger partial charge in [-0.15, -0.1) is 11.3 Å². The van der Waals surface area contributed by atoms with Crippen molar-refractivity contribution in [2.24, 2.45) is 4.99 Å². The maximum Gasteiger partial charge on any atom is 0.390 e. The lowest BCUT2D eigenvalue weighted by molar-refractivity contribution is -0.136. The average molecular weight is 454 g/mol. The fourth-order valence-electron chi connectivity index (χ4n) is 3.84. The highest BCUT2D eigenvalue weighted by Crippen LogP contribution is 2.41. The molecule has 2 aromatic rings. The third-order valence-electron chi connectivity index (χ3n) is 5.88. The third kappa shape index (κ3) is 3.82. The van der Waals surface area contributed by atoms with Crippen molar-refractivity contribution in [1.29, 1.82) is 5.26 Å². The average Bonchev–Trinajstić information content (AvgIpc) is 3.11. The number of nitrogens with zero attached hydrogens (tertiary/aromatic N) is 5. The minimum absolute atomic E-state index is 0.262. The van der Waals surface area contributed by atoms with Crippen molar-refractivity contribution in [3.05, 3.63) is 31.3 Å². The van der Waals surface area contributed by atoms with Gasteiger partial charge in [-0.05, 0) is 32.3 Å². The van der Waals surface area contributed by atoms with Gasteiger partial charge in [-0.3, -0.25) is 24.2 Å². The molecule has 1 aliphatic heterocycles. The molecule has 0 atom stereocenters. The topological polar surface area (TPSA) is 95.4 Å². The lowest BCUT2D eigenvalue weighted by Crippen LogP contribution is -2.44. The van der Waals surface area contributed by atoms with Gasteiger partial charge in [0.25, 0.3) is 5.56 Å². The predicted molar refractivity (Wildman–Crippen MR) is 110 cm³/mol. The highest BCUT2D eigenvalue weighted by atomic mass is 32.1. The number of aliphatic imine (C=N–C) groups is 1. The van der Waals surface area contributed by atoms with E-state index in [2.05, 4.69) is 10.3 Å². The molecule has 4 rings (SSSR count). The number of guanidine groups is 1. The Morgan fingerprint density at radius 3 is 2.65 bits per heavy atom. The van der Waals surface area contributed by atoms with E-state index in [9.17, 15) is 22.8 Å². The van der Waals surface area contributed by atoms with Crippen molar-refractivity contribution in [2.45, 2.75) is 57.9 Å². The summed E-state index contributed by atoms with van der Waals surface area (Å²) in [6, 6.07) is 0. The van der Waals surface area contributed by atoms with Gasteiger partial charge in [0.05, 0.1) is 30.4 Å². The molecule has 8 nitrogen and oxygen atoms in total. The van der Waals surface area contributed by atoms with Gasteiger partial charge < -0.3 is 4.90 Å². The number of nitrogens with one attached hydrogen (secondary N) is 1. The molecule has 0 amide bonds. The van der Waals surface area contributed by atoms with Gasteiger partial charge in [0.1, 0.15) is 4.83 Å². The zero-order chi connectivity index (χ0) is 22.6. The van der Waals surface area contributed by atoms with E-state index >= 15 is 0 Å². The largest absolute Gasteiger partial charge is 0.390 e. The molecule has 0 radical (unpaired) electrons. The molecule has 1 fully saturated rings. The second-order valence-electron chi connectivity index (χ2n) is 8.13. The Labute approximate surface area is 179 Å². The van der Waals surface area contributed by atoms with E-state index in [4.69, 9.17) is 5.26 Å². The van der Waals surface area contributed by atoms with Crippen molar-refractivity contribution < 1.29 is 13.2 Å². The summed E-state index contributed by atoms with van der Waals surface area (Å²) < 4.78 is 41.0. The molecular weight excluding hydrogens is 433 g/mol. The van der Waals surface area contributed by atoms with Crippen LogP contribution in [0.2, 0.25) is 0 Å². The second kappa shape index (κ2) is 7.40. The number of rotatable bonds is 5. The van der Waals surface area contributed by atoms with E-state index in [0.717, 1.165) is 25.3 Å². The zero-order valence-corrected chi connectivity index (χ0v) is 17.9. The molecule has 0 saturated heterocycles. The Morgan fingerprint density at radius 1 is 1.32 bits per heavy atom. The van der Waals surface area contributed by atoms with E-state index in [1.54, 1.807) is 13.8 Å². The molecular formula is C19H21F3N6O2S. The number of aryl methyl sites for hydroxylation is 2. The molecule has 12 heteroatoms. The molecule has 0 unspecified atom stereocenters. The number of fused-ring (bicyclic) bond motifs is 1. The first-order valence-corrected chi connectivity index (χ1v) is 10.7. The van der Waals surface area contributed by atoms with Gasteiger partial charge >= 0.3 is 11.9 Å². The lowest BCUT2D eigenvalue weighted by Gasteiger charge is -2.18. The number of hydrogen-bond donors (Lipinski definition) is 1. The second-order valence-corrected chi connectivity index (χ2v) is 9.21. The van der Waals surface area contributed by atoms with Gasteiger partial charge in [-0.25, -0.2) is 4.79 Å². The molecule has 31 heavy (non-hydrogen) atoms. The van der Waals surface area contributed by atoms with Gasteiger partial charge in [0.15, 0.2) is 6.19 Å². The molecule has 1 saturated carbocycles. The summed E-state index contributed by atoms with van der Waals surface area (Å²) in [5, 5.41) is 11.7. The van der Waals surface area contributed by atoms with E-state index in [1.165, 1.54) is 0 Å². The summed E-state index contributed by atoms with van der Waals surface area (Å²) in [5.41, 5.74) is -1.15. The monoisotopic (exact) mass is 454 g/mol. The molecule has 0 aromatic carbocycles. The Balaban J connectivity index is 1.85. The lowest BCUT2D eigenvalue weighted by atomic mass is 10.2. The number of nitriles is 1. The van der Waals surface area contributed by atoms with Crippen LogP contribution in [0.4, 0.5) is 13.2 Å². The van der Waals surface area contributed by atoms with Crippen LogP contribution in [0.15, 0.2) is 14.6 Å². The Hall–Kier alpha value is -2.81. The summed E-state index contributed by atoms with van der Waals surface area (Å²) in [4.78, 5) is 33.4. The fourth-order valence-corrected chi connectivity index (χ4v) is 5.17. The van der Waals surface area contributed by atoms with Gasteiger partial charge in [0, 0.05) is 18.0 Å². The maximum atomic E-state index is 13.3. The highest BCUT2D eigenvalue weighted by Gasteiger charge is 2.43. The van der Waals surface area contributed by atoms with Crippen LogP contribution in [-0.4, -0.2) is 39.3 Å². The van der Waals surface area contributed by atoms with Crippen LogP contribution < -0.4 is 16.6 Å². The molecule has 2 aromatic heterocycles. The Kier molecular flexibility index (Phi) is 5.12. The highest BCUT2D eigenvalue weighted by molar-refractivity contribution is 7.18. The summed E-state index contributed by atoms with van der Waals surface area (Å²) in [7, 11) is 0. The van der Waals surface area contributed by atoms with E-state index in [-0.39, 0.29) is 4.83 Å². The smallest absolute Gasteiger partial charge is 0.335 e. The number of thiophene rings is 1. The predicted octanol–water partition coefficient (Wildman–Crippen LogP) is 2.24. The first-order valence-electron chi connectivity index (χ1n) is 9.85. The van der Waals surface area contributed by atoms with Crippen molar-refractivity contribution in [1.82, 2.24) is 19.4 Å². The summed E-state index contributed by atoms with van der Waals surface area (Å²) in [6.45, 7) is 4.40. The Morgan fingerprint density at radius 2 is 2.03 bits per heavy atom. The standard InChI is InChI=1S/C19H21F3N6O2S/c1-11-12(9-26-8-6-24-16(26)25-10-23)31-15-13(11)14(29)28(18(2)3-4-18)17(30)27(15)7-5-19(20,21)22/h3-9H2,1-2H3,(H,24,25). The van der Waals surface area contributed by atoms with E-state index < -0.39 is 35.9 Å². The minimum atomic E-state index is -4.42. The van der Waals surface area contributed by atoms with Crippen molar-refractivity contribution in [3.63, 3.8) is 0 Å². The molecule has 1 aliphatic carbocycles. The summed E-state index contributed by atoms with van der Waals surface area (Å²) in [5.74, 6) is 0.414. The van der Waals surface area contributed by atoms with Crippen LogP contribution in [0.3, 0.4) is 0 Å². The molecule has 0 spiro atoms. The van der Waals surface area contributed by atoms with Crippen LogP contribution in [0.1, 0.15) is 36.6 Å². The van der Waals surface area contributed by atoms with Crippen LogP contribution in [0, 0.1) is 18.4 Å². The number of hydrogen-bond acceptors (Lipinski definition) is 7. The number of aromatic nitrogens is 2. The third-order valence-corrected chi connectivity index (χ3v) is 7.18. The minimum Gasteiger partial charge on any atom is -0.335 e. The van der Waals surface area contributed by atoms with Crippen LogP contribution in [0.5, 0.6) is 0 Å². The molecule has 166 valence electrons. The van der Waals surface area contributed by atoms with Crippen molar-refractivity contribution in [2.75, 3.05) is 13.1 Å². The van der Waals surface area contributed by atoms with Gasteiger partial charge in [0.2, 0.25) is 5.96 Å². The molecule has 2 aliphatic rings. The van der Waals surface area contributed by atoms with Gasteiger partial charge in [-0.1, -0.05) is 0 Å². The zero-order valence-electron chi connectivity index (χ0n) is 17.0. The fraction of sp³-hybridized carbons (Fsp3) is 0.579. The summed E-state index contributed by atoms with van der Waals surface area (Å²) >= 11 is 1.15. The molecule has 3 heterocycles. The number of halogens is 3. The SMILES string of the molecule is Cc1c(CN2CCN=C2NC#N)sc2c1c(=O)n(C1(C)CC1)c(=O)n2CCC(F)(F)F. The first-order chi connectivity index (χ1) is 14.6. The number of alkyl halides is 3. The van der Waals surface area contributed by atoms with Crippen molar-refractivity contribution in [3.8, 4) is 6.19 Å². The first kappa shape index (κ1) is 21.4. The van der Waals surface area contributed by atoms with E-state index in [0.29, 0.717) is 49.4 Å². The summed E-state index contributed by atoms with van der Waals surface area (Å²) in [6.07, 6.45) is -2.48. The van der Waals surface area contributed by atoms with Crippen LogP contribution >= 0.6 is 11.3 Å². The Bertz CT molecular complexity index is 1230. The van der Waals surface area contributed by atoms with Crippen LogP contribution in [-0.2, 0) is 18.6 Å². The molecule has 0 bridgehead atoms. The maximum absolute atomic E-state index is 13.3. The van der Waals surface area contributed by atoms with Crippen LogP contribution in [0.25, 0.3) is 10.2 Å². The molecule has 1 N–H and O–H groups in total. The van der Waals surface area contributed by atoms with Crippen molar-refractivity contribution >= 4 is 27.5 Å². The normalized spacial score (nSPS) is 17.7. The quantitative estimate of drug-likeness (QED) is 0.552. The van der Waals surface area contributed by atoms with E-state index in [1.807, 2.05) is 11.1 Å². The van der Waals surface area contributed by atoms with Gasteiger partial charge in [-0.2, -0.15) is 18.4 Å².